The van der Waals surface area contributed by atoms with Crippen LogP contribution in [0.1, 0.15) is 43.8 Å². The predicted molar refractivity (Wildman–Crippen MR) is 135 cm³/mol. The van der Waals surface area contributed by atoms with Crippen molar-refractivity contribution < 1.29 is 14.3 Å². The van der Waals surface area contributed by atoms with E-state index in [-0.39, 0.29) is 30.5 Å². The lowest BCUT2D eigenvalue weighted by Gasteiger charge is -2.18. The molecule has 0 bridgehead atoms. The van der Waals surface area contributed by atoms with Crippen LogP contribution < -0.4 is 10.9 Å². The van der Waals surface area contributed by atoms with E-state index in [2.05, 4.69) is 10.4 Å². The van der Waals surface area contributed by atoms with Crippen LogP contribution >= 0.6 is 22.9 Å². The summed E-state index contributed by atoms with van der Waals surface area (Å²) in [6, 6.07) is 8.78. The summed E-state index contributed by atoms with van der Waals surface area (Å²) in [6.45, 7) is 7.67. The highest BCUT2D eigenvalue weighted by Crippen LogP contribution is 2.26. The number of esters is 1. The van der Waals surface area contributed by atoms with Gasteiger partial charge in [0.1, 0.15) is 18.1 Å². The fourth-order valence-corrected chi connectivity index (χ4v) is 3.98. The van der Waals surface area contributed by atoms with Crippen LogP contribution in [-0.4, -0.2) is 32.8 Å². The number of aromatic nitrogens is 3. The number of thiophene rings is 1. The quantitative estimate of drug-likeness (QED) is 0.428. The Bertz CT molecular complexity index is 1270. The highest BCUT2D eigenvalue weighted by molar-refractivity contribution is 7.16. The highest BCUT2D eigenvalue weighted by atomic mass is 35.5. The van der Waals surface area contributed by atoms with Gasteiger partial charge in [0.15, 0.2) is 0 Å². The molecule has 3 aromatic rings. The Morgan fingerprint density at radius 2 is 2.03 bits per heavy atom. The normalized spacial score (nSPS) is 11.7. The summed E-state index contributed by atoms with van der Waals surface area (Å²) in [5.74, 6) is -0.0414. The van der Waals surface area contributed by atoms with Crippen molar-refractivity contribution in [1.82, 2.24) is 14.3 Å². The maximum Gasteiger partial charge on any atom is 0.305 e. The van der Waals surface area contributed by atoms with Gasteiger partial charge in [0.2, 0.25) is 0 Å². The summed E-state index contributed by atoms with van der Waals surface area (Å²) in [4.78, 5) is 38.4. The van der Waals surface area contributed by atoms with Gasteiger partial charge in [0.25, 0.3) is 11.5 Å². The van der Waals surface area contributed by atoms with E-state index in [1.165, 1.54) is 26.8 Å². The van der Waals surface area contributed by atoms with E-state index in [1.54, 1.807) is 37.4 Å². The van der Waals surface area contributed by atoms with Gasteiger partial charge in [0, 0.05) is 35.2 Å². The molecular formula is C24H27ClN4O4S. The number of carbonyl (C=O) groups is 2. The molecule has 0 unspecified atom stereocenters. The van der Waals surface area contributed by atoms with E-state index >= 15 is 0 Å². The monoisotopic (exact) mass is 502 g/mol. The maximum absolute atomic E-state index is 13.1. The number of pyridine rings is 1. The molecule has 0 aliphatic heterocycles. The van der Waals surface area contributed by atoms with Gasteiger partial charge in [-0.1, -0.05) is 39.3 Å². The molecule has 34 heavy (non-hydrogen) atoms. The van der Waals surface area contributed by atoms with Crippen molar-refractivity contribution in [2.45, 2.75) is 40.7 Å². The molecule has 0 atom stereocenters. The van der Waals surface area contributed by atoms with Crippen molar-refractivity contribution in [3.05, 3.63) is 62.2 Å². The molecule has 180 valence electrons. The minimum Gasteiger partial charge on any atom is -0.461 e. The van der Waals surface area contributed by atoms with Crippen LogP contribution in [0, 0.1) is 5.41 Å². The zero-order valence-electron chi connectivity index (χ0n) is 19.5. The number of rotatable bonds is 8. The summed E-state index contributed by atoms with van der Waals surface area (Å²) in [6.07, 6.45) is 5.00. The van der Waals surface area contributed by atoms with Crippen LogP contribution in [0.3, 0.4) is 0 Å². The van der Waals surface area contributed by atoms with Gasteiger partial charge < -0.3 is 10.1 Å². The third kappa shape index (κ3) is 6.24. The molecule has 0 saturated heterocycles. The molecule has 0 spiro atoms. The molecule has 0 amide bonds. The van der Waals surface area contributed by atoms with E-state index in [0.29, 0.717) is 28.0 Å². The molecule has 0 fully saturated rings. The smallest absolute Gasteiger partial charge is 0.305 e. The number of carbonyl (C=O) groups excluding carboxylic acids is 2. The molecule has 1 N–H and O–H groups in total. The summed E-state index contributed by atoms with van der Waals surface area (Å²) in [5, 5.41) is 7.71. The first-order valence-corrected chi connectivity index (χ1v) is 12.0. The summed E-state index contributed by atoms with van der Waals surface area (Å²) < 4.78 is 8.36. The second kappa shape index (κ2) is 10.8. The summed E-state index contributed by atoms with van der Waals surface area (Å²) >= 11 is 7.46. The molecule has 0 radical (unpaired) electrons. The molecule has 8 nitrogen and oxygen atoms in total. The molecule has 0 aliphatic rings. The molecule has 3 aromatic heterocycles. The van der Waals surface area contributed by atoms with E-state index < -0.39 is 5.41 Å². The van der Waals surface area contributed by atoms with Gasteiger partial charge in [0.05, 0.1) is 16.4 Å². The van der Waals surface area contributed by atoms with Crippen LogP contribution in [0.15, 0.2) is 47.4 Å². The Kier molecular flexibility index (Phi) is 8.11. The van der Waals surface area contributed by atoms with Gasteiger partial charge in [-0.15, -0.1) is 11.3 Å². The standard InChI is InChI=1S/C24H27ClN4O4S/c1-5-21(30)33-13-7-12-28-11-6-8-17(22(28)31)18-14-20(26-15-16-9-10-19(25)34-16)29(27-18)23(32)24(2,3)4/h6-12,14,26H,5,13,15H2,1-4H3. The number of hydrogen-bond donors (Lipinski definition) is 1. The Labute approximate surface area is 206 Å². The zero-order chi connectivity index (χ0) is 24.9. The fraction of sp³-hybridized carbons (Fsp3) is 0.333. The highest BCUT2D eigenvalue weighted by Gasteiger charge is 2.27. The second-order valence-corrected chi connectivity index (χ2v) is 10.3. The average molecular weight is 503 g/mol. The molecule has 3 heterocycles. The Morgan fingerprint density at radius 3 is 2.68 bits per heavy atom. The number of ether oxygens (including phenoxy) is 1. The fourth-order valence-electron chi connectivity index (χ4n) is 2.96. The molecule has 10 heteroatoms. The van der Waals surface area contributed by atoms with Crippen molar-refractivity contribution in [2.24, 2.45) is 5.41 Å². The number of nitrogens with one attached hydrogen (secondary N) is 1. The first kappa shape index (κ1) is 25.5. The van der Waals surface area contributed by atoms with Crippen molar-refractivity contribution >= 4 is 46.8 Å². The van der Waals surface area contributed by atoms with E-state index in [4.69, 9.17) is 16.3 Å². The Balaban J connectivity index is 1.92. The van der Waals surface area contributed by atoms with Gasteiger partial charge in [-0.25, -0.2) is 0 Å². The number of hydrogen-bond acceptors (Lipinski definition) is 7. The van der Waals surface area contributed by atoms with Crippen LogP contribution in [-0.2, 0) is 16.1 Å². The largest absolute Gasteiger partial charge is 0.461 e. The van der Waals surface area contributed by atoms with Crippen LogP contribution in [0.5, 0.6) is 0 Å². The lowest BCUT2D eigenvalue weighted by molar-refractivity contribution is -0.141. The van der Waals surface area contributed by atoms with Crippen molar-refractivity contribution in [3.8, 4) is 11.3 Å². The van der Waals surface area contributed by atoms with Crippen LogP contribution in [0.25, 0.3) is 17.5 Å². The first-order valence-electron chi connectivity index (χ1n) is 10.8. The van der Waals surface area contributed by atoms with Crippen molar-refractivity contribution in [2.75, 3.05) is 11.9 Å². The molecule has 0 aromatic carbocycles. The SMILES string of the molecule is CCC(=O)OCC=Cn1cccc(-c2cc(NCc3ccc(Cl)s3)n(C(=O)C(C)(C)C)n2)c1=O. The lowest BCUT2D eigenvalue weighted by atomic mass is 9.96. The molecule has 0 saturated carbocycles. The Morgan fingerprint density at radius 1 is 1.26 bits per heavy atom. The minimum atomic E-state index is -0.679. The number of halogens is 1. The average Bonchev–Trinajstić information content (AvgIpc) is 3.40. The van der Waals surface area contributed by atoms with Crippen LogP contribution in [0.4, 0.5) is 5.82 Å². The summed E-state index contributed by atoms with van der Waals surface area (Å²) in [5.41, 5.74) is -0.290. The van der Waals surface area contributed by atoms with E-state index in [9.17, 15) is 14.4 Å². The maximum atomic E-state index is 13.1. The third-order valence-corrected chi connectivity index (χ3v) is 5.99. The minimum absolute atomic E-state index is 0.0683. The van der Waals surface area contributed by atoms with Crippen LogP contribution in [0.2, 0.25) is 4.34 Å². The topological polar surface area (TPSA) is 95.2 Å². The second-order valence-electron chi connectivity index (χ2n) is 8.50. The number of anilines is 1. The van der Waals surface area contributed by atoms with Crippen molar-refractivity contribution in [3.63, 3.8) is 0 Å². The Hall–Kier alpha value is -3.17. The van der Waals surface area contributed by atoms with Gasteiger partial charge in [-0.3, -0.25) is 19.0 Å². The third-order valence-electron chi connectivity index (χ3n) is 4.76. The molecular weight excluding hydrogens is 476 g/mol. The van der Waals surface area contributed by atoms with E-state index in [0.717, 1.165) is 4.88 Å². The number of nitrogens with zero attached hydrogens (tertiary/aromatic N) is 3. The molecule has 3 rings (SSSR count). The van der Waals surface area contributed by atoms with E-state index in [1.807, 2.05) is 32.9 Å². The molecule has 0 aliphatic carbocycles. The van der Waals surface area contributed by atoms with Gasteiger partial charge >= 0.3 is 5.97 Å². The van der Waals surface area contributed by atoms with Crippen molar-refractivity contribution in [1.29, 1.82) is 0 Å². The predicted octanol–water partition coefficient (Wildman–Crippen LogP) is 5.15. The van der Waals surface area contributed by atoms with Gasteiger partial charge in [-0.05, 0) is 30.3 Å². The first-order chi connectivity index (χ1) is 16.1. The lowest BCUT2D eigenvalue weighted by Crippen LogP contribution is -2.29. The van der Waals surface area contributed by atoms with Gasteiger partial charge in [-0.2, -0.15) is 9.78 Å². The summed E-state index contributed by atoms with van der Waals surface area (Å²) in [7, 11) is 0. The zero-order valence-corrected chi connectivity index (χ0v) is 21.1.